The van der Waals surface area contributed by atoms with Gasteiger partial charge in [-0.3, -0.25) is 13.9 Å². The molecule has 0 heterocycles. The number of halogens is 1. The van der Waals surface area contributed by atoms with Crippen LogP contribution < -0.4 is 14.4 Å². The zero-order chi connectivity index (χ0) is 33.3. The molecule has 242 valence electrons. The lowest BCUT2D eigenvalue weighted by atomic mass is 10.0. The van der Waals surface area contributed by atoms with Gasteiger partial charge in [0.1, 0.15) is 18.3 Å². The van der Waals surface area contributed by atoms with Crippen molar-refractivity contribution in [3.63, 3.8) is 0 Å². The normalized spacial score (nSPS) is 12.0. The third-order valence-electron chi connectivity index (χ3n) is 7.45. The number of amides is 2. The van der Waals surface area contributed by atoms with E-state index in [2.05, 4.69) is 5.32 Å². The molecule has 0 bridgehead atoms. The number of aryl methyl sites for hydroxylation is 1. The second kappa shape index (κ2) is 15.8. The van der Waals surface area contributed by atoms with E-state index in [1.165, 1.54) is 24.1 Å². The summed E-state index contributed by atoms with van der Waals surface area (Å²) in [5, 5.41) is 3.47. The van der Waals surface area contributed by atoms with Crippen LogP contribution in [0.2, 0.25) is 5.02 Å². The van der Waals surface area contributed by atoms with Crippen molar-refractivity contribution in [2.24, 2.45) is 5.92 Å². The fourth-order valence-corrected chi connectivity index (χ4v) is 6.55. The van der Waals surface area contributed by atoms with Crippen molar-refractivity contribution in [3.05, 3.63) is 125 Å². The van der Waals surface area contributed by atoms with Gasteiger partial charge in [0.2, 0.25) is 11.8 Å². The van der Waals surface area contributed by atoms with Gasteiger partial charge in [-0.1, -0.05) is 85.6 Å². The van der Waals surface area contributed by atoms with E-state index >= 15 is 0 Å². The molecule has 10 heteroatoms. The third-order valence-corrected chi connectivity index (χ3v) is 9.47. The highest BCUT2D eigenvalue weighted by Gasteiger charge is 2.34. The number of carbonyl (C=O) groups excluding carboxylic acids is 2. The Morgan fingerprint density at radius 3 is 2.13 bits per heavy atom. The fraction of sp³-hybridized carbons (Fsp3) is 0.278. The van der Waals surface area contributed by atoms with E-state index in [0.717, 1.165) is 15.4 Å². The Hall–Kier alpha value is -4.34. The molecule has 4 rings (SSSR count). The molecular weight excluding hydrogens is 622 g/mol. The number of anilines is 1. The van der Waals surface area contributed by atoms with Crippen LogP contribution in [0.1, 0.15) is 30.5 Å². The molecule has 0 spiro atoms. The number of hydrogen-bond acceptors (Lipinski definition) is 5. The summed E-state index contributed by atoms with van der Waals surface area (Å²) in [5.74, 6) is -0.156. The van der Waals surface area contributed by atoms with Crippen LogP contribution in [-0.2, 0) is 32.6 Å². The first-order valence-electron chi connectivity index (χ1n) is 15.1. The molecule has 2 amide bonds. The second-order valence-electron chi connectivity index (χ2n) is 11.5. The van der Waals surface area contributed by atoms with Crippen molar-refractivity contribution in [2.45, 2.75) is 44.7 Å². The molecule has 1 N–H and O–H groups in total. The molecule has 0 saturated carbocycles. The Morgan fingerprint density at radius 1 is 0.870 bits per heavy atom. The molecule has 4 aromatic carbocycles. The van der Waals surface area contributed by atoms with Gasteiger partial charge >= 0.3 is 0 Å². The maximum absolute atomic E-state index is 14.5. The van der Waals surface area contributed by atoms with Crippen LogP contribution in [0.3, 0.4) is 0 Å². The van der Waals surface area contributed by atoms with E-state index in [0.29, 0.717) is 22.9 Å². The highest BCUT2D eigenvalue weighted by molar-refractivity contribution is 7.92. The van der Waals surface area contributed by atoms with Crippen LogP contribution in [-0.4, -0.2) is 51.4 Å². The number of ether oxygens (including phenoxy) is 1. The summed E-state index contributed by atoms with van der Waals surface area (Å²) < 4.78 is 34.7. The van der Waals surface area contributed by atoms with E-state index in [1.807, 2.05) is 57.2 Å². The number of sulfonamides is 1. The Bertz CT molecular complexity index is 1710. The van der Waals surface area contributed by atoms with Crippen LogP contribution in [0.15, 0.2) is 108 Å². The largest absolute Gasteiger partial charge is 0.497 e. The molecule has 0 aromatic heterocycles. The molecule has 0 aliphatic carbocycles. The van der Waals surface area contributed by atoms with Crippen LogP contribution in [0, 0.1) is 12.8 Å². The molecule has 0 aliphatic heterocycles. The van der Waals surface area contributed by atoms with Crippen molar-refractivity contribution in [1.29, 1.82) is 0 Å². The first-order chi connectivity index (χ1) is 22.0. The highest BCUT2D eigenvalue weighted by Crippen LogP contribution is 2.27. The van der Waals surface area contributed by atoms with Crippen LogP contribution >= 0.6 is 11.6 Å². The lowest BCUT2D eigenvalue weighted by Gasteiger charge is -2.34. The van der Waals surface area contributed by atoms with Crippen LogP contribution in [0.5, 0.6) is 5.75 Å². The molecule has 46 heavy (non-hydrogen) atoms. The average molecular weight is 662 g/mol. The quantitative estimate of drug-likeness (QED) is 0.172. The number of rotatable bonds is 14. The maximum Gasteiger partial charge on any atom is 0.264 e. The zero-order valence-corrected chi connectivity index (χ0v) is 28.1. The molecular formula is C36H40ClN3O5S. The van der Waals surface area contributed by atoms with E-state index in [1.54, 1.807) is 54.6 Å². The third kappa shape index (κ3) is 9.11. The molecule has 0 saturated heterocycles. The van der Waals surface area contributed by atoms with Crippen molar-refractivity contribution in [1.82, 2.24) is 10.2 Å². The first-order valence-corrected chi connectivity index (χ1v) is 16.9. The molecule has 1 atom stereocenters. The number of nitrogens with one attached hydrogen (secondary N) is 1. The summed E-state index contributed by atoms with van der Waals surface area (Å²) >= 11 is 6.31. The van der Waals surface area contributed by atoms with Crippen molar-refractivity contribution >= 4 is 39.1 Å². The van der Waals surface area contributed by atoms with E-state index in [9.17, 15) is 18.0 Å². The van der Waals surface area contributed by atoms with E-state index < -0.39 is 28.5 Å². The van der Waals surface area contributed by atoms with Gasteiger partial charge in [-0.25, -0.2) is 8.42 Å². The summed E-state index contributed by atoms with van der Waals surface area (Å²) in [6, 6.07) is 28.5. The first kappa shape index (κ1) is 34.5. The van der Waals surface area contributed by atoms with Crippen molar-refractivity contribution < 1.29 is 22.7 Å². The standard InChI is InChI=1S/C36H40ClN3O5S/c1-26(2)23-38-36(42)34(22-28-9-6-5-7-10-28)39(24-29-11-8-12-30(37)21-29)35(41)25-40(31-15-17-32(45-4)18-16-31)46(43,44)33-19-13-27(3)14-20-33/h5-21,26,34H,22-25H2,1-4H3,(H,38,42). The van der Waals surface area contributed by atoms with Gasteiger partial charge in [-0.15, -0.1) is 0 Å². The van der Waals surface area contributed by atoms with Crippen LogP contribution in [0.4, 0.5) is 5.69 Å². The highest BCUT2D eigenvalue weighted by atomic mass is 35.5. The van der Waals surface area contributed by atoms with E-state index in [-0.39, 0.29) is 35.4 Å². The van der Waals surface area contributed by atoms with Gasteiger partial charge in [0, 0.05) is 24.5 Å². The minimum absolute atomic E-state index is 0.0347. The Kier molecular flexibility index (Phi) is 11.8. The lowest BCUT2D eigenvalue weighted by molar-refractivity contribution is -0.140. The lowest BCUT2D eigenvalue weighted by Crippen LogP contribution is -2.53. The number of carbonyl (C=O) groups is 2. The SMILES string of the molecule is COc1ccc(N(CC(=O)N(Cc2cccc(Cl)c2)C(Cc2ccccc2)C(=O)NCC(C)C)S(=O)(=O)c2ccc(C)cc2)cc1. The number of methoxy groups -OCH3 is 1. The molecule has 0 aliphatic rings. The van der Waals surface area contributed by atoms with Gasteiger partial charge in [0.15, 0.2) is 0 Å². The summed E-state index contributed by atoms with van der Waals surface area (Å²) in [6.07, 6.45) is 0.227. The fourth-order valence-electron chi connectivity index (χ4n) is 4.92. The van der Waals surface area contributed by atoms with Gasteiger partial charge in [0.05, 0.1) is 17.7 Å². The molecule has 4 aromatic rings. The Morgan fingerprint density at radius 2 is 1.52 bits per heavy atom. The summed E-state index contributed by atoms with van der Waals surface area (Å²) in [4.78, 5) is 29.9. The summed E-state index contributed by atoms with van der Waals surface area (Å²) in [6.45, 7) is 5.75. The predicted octanol–water partition coefficient (Wildman–Crippen LogP) is 6.26. The number of hydrogen-bond donors (Lipinski definition) is 1. The van der Waals surface area contributed by atoms with Gasteiger partial charge < -0.3 is 15.0 Å². The topological polar surface area (TPSA) is 96.0 Å². The van der Waals surface area contributed by atoms with Crippen LogP contribution in [0.25, 0.3) is 0 Å². The monoisotopic (exact) mass is 661 g/mol. The smallest absolute Gasteiger partial charge is 0.264 e. The minimum Gasteiger partial charge on any atom is -0.497 e. The number of nitrogens with zero attached hydrogens (tertiary/aromatic N) is 2. The van der Waals surface area contributed by atoms with Gasteiger partial charge in [-0.2, -0.15) is 0 Å². The molecule has 0 fully saturated rings. The molecule has 1 unspecified atom stereocenters. The molecule has 0 radical (unpaired) electrons. The molecule has 8 nitrogen and oxygen atoms in total. The Balaban J connectivity index is 1.80. The summed E-state index contributed by atoms with van der Waals surface area (Å²) in [5.41, 5.74) is 2.74. The van der Waals surface area contributed by atoms with Crippen molar-refractivity contribution in [3.8, 4) is 5.75 Å². The zero-order valence-electron chi connectivity index (χ0n) is 26.5. The van der Waals surface area contributed by atoms with Crippen molar-refractivity contribution in [2.75, 3.05) is 24.5 Å². The van der Waals surface area contributed by atoms with Gasteiger partial charge in [0.25, 0.3) is 10.0 Å². The Labute approximate surface area is 277 Å². The van der Waals surface area contributed by atoms with Gasteiger partial charge in [-0.05, 0) is 72.5 Å². The second-order valence-corrected chi connectivity index (χ2v) is 13.8. The average Bonchev–Trinajstić information content (AvgIpc) is 3.04. The predicted molar refractivity (Wildman–Crippen MR) is 182 cm³/mol. The number of benzene rings is 4. The minimum atomic E-state index is -4.20. The maximum atomic E-state index is 14.5. The summed E-state index contributed by atoms with van der Waals surface area (Å²) in [7, 11) is -2.68. The van der Waals surface area contributed by atoms with E-state index in [4.69, 9.17) is 16.3 Å².